The third kappa shape index (κ3) is 6.61. The molecular formula is C19H29N3O2S. The summed E-state index contributed by atoms with van der Waals surface area (Å²) in [4.78, 5) is 20.0. The van der Waals surface area contributed by atoms with E-state index < -0.39 is 0 Å². The number of carbonyl (C=O) groups excluding carboxylic acids is 1. The van der Waals surface area contributed by atoms with Crippen LogP contribution in [0.2, 0.25) is 0 Å². The van der Waals surface area contributed by atoms with Crippen molar-refractivity contribution in [3.05, 3.63) is 30.3 Å². The van der Waals surface area contributed by atoms with Gasteiger partial charge in [-0.05, 0) is 44.1 Å². The van der Waals surface area contributed by atoms with Crippen LogP contribution in [0.15, 0.2) is 40.2 Å². The van der Waals surface area contributed by atoms with Crippen molar-refractivity contribution < 1.29 is 9.53 Å². The number of thioether (sulfide) groups is 1. The Bertz CT molecular complexity index is 543. The SMILES string of the molecule is CCNC(=NCCCSc1ccccc1)N1CCC(C(=O)OC)CC1. The minimum Gasteiger partial charge on any atom is -0.469 e. The summed E-state index contributed by atoms with van der Waals surface area (Å²) in [6.45, 7) is 5.46. The summed E-state index contributed by atoms with van der Waals surface area (Å²) in [6.07, 6.45) is 2.72. The zero-order valence-corrected chi connectivity index (χ0v) is 16.1. The van der Waals surface area contributed by atoms with Gasteiger partial charge >= 0.3 is 5.97 Å². The van der Waals surface area contributed by atoms with Gasteiger partial charge in [0.15, 0.2) is 5.96 Å². The number of rotatable bonds is 7. The van der Waals surface area contributed by atoms with Crippen molar-refractivity contribution in [1.82, 2.24) is 10.2 Å². The number of hydrogen-bond donors (Lipinski definition) is 1. The number of nitrogens with one attached hydrogen (secondary N) is 1. The molecule has 0 bridgehead atoms. The predicted octanol–water partition coefficient (Wildman–Crippen LogP) is 3.02. The quantitative estimate of drug-likeness (QED) is 0.265. The second kappa shape index (κ2) is 11.0. The second-order valence-corrected chi connectivity index (χ2v) is 7.20. The van der Waals surface area contributed by atoms with Gasteiger partial charge in [-0.1, -0.05) is 18.2 Å². The first kappa shape index (κ1) is 19.6. The fourth-order valence-electron chi connectivity index (χ4n) is 2.88. The molecule has 5 nitrogen and oxygen atoms in total. The van der Waals surface area contributed by atoms with E-state index in [-0.39, 0.29) is 11.9 Å². The third-order valence-electron chi connectivity index (χ3n) is 4.24. The van der Waals surface area contributed by atoms with E-state index in [1.54, 1.807) is 0 Å². The number of esters is 1. The van der Waals surface area contributed by atoms with Crippen LogP contribution in [0.4, 0.5) is 0 Å². The van der Waals surface area contributed by atoms with E-state index in [1.807, 2.05) is 17.8 Å². The minimum atomic E-state index is -0.0838. The van der Waals surface area contributed by atoms with Crippen molar-refractivity contribution in [2.75, 3.05) is 39.0 Å². The van der Waals surface area contributed by atoms with Gasteiger partial charge in [0.1, 0.15) is 0 Å². The van der Waals surface area contributed by atoms with E-state index in [0.717, 1.165) is 57.2 Å². The molecule has 0 aromatic heterocycles. The summed E-state index contributed by atoms with van der Waals surface area (Å²) in [5.41, 5.74) is 0. The van der Waals surface area contributed by atoms with E-state index in [0.29, 0.717) is 0 Å². The lowest BCUT2D eigenvalue weighted by Crippen LogP contribution is -2.46. The highest BCUT2D eigenvalue weighted by atomic mass is 32.2. The number of piperidine rings is 1. The number of aliphatic imine (C=N–C) groups is 1. The van der Waals surface area contributed by atoms with Crippen molar-refractivity contribution in [3.8, 4) is 0 Å². The van der Waals surface area contributed by atoms with Gasteiger partial charge in [-0.3, -0.25) is 9.79 Å². The van der Waals surface area contributed by atoms with Crippen molar-refractivity contribution in [2.45, 2.75) is 31.1 Å². The summed E-state index contributed by atoms with van der Waals surface area (Å²) >= 11 is 1.87. The molecule has 1 heterocycles. The zero-order valence-electron chi connectivity index (χ0n) is 15.2. The van der Waals surface area contributed by atoms with Crippen molar-refractivity contribution >= 4 is 23.7 Å². The lowest BCUT2D eigenvalue weighted by Gasteiger charge is -2.33. The van der Waals surface area contributed by atoms with E-state index >= 15 is 0 Å². The zero-order chi connectivity index (χ0) is 17.9. The van der Waals surface area contributed by atoms with Crippen molar-refractivity contribution in [1.29, 1.82) is 0 Å². The number of benzene rings is 1. The summed E-state index contributed by atoms with van der Waals surface area (Å²) in [7, 11) is 1.47. The lowest BCUT2D eigenvalue weighted by molar-refractivity contribution is -0.146. The Labute approximate surface area is 155 Å². The number of methoxy groups -OCH3 is 1. The molecule has 0 spiro atoms. The average Bonchev–Trinajstić information content (AvgIpc) is 2.67. The molecule has 25 heavy (non-hydrogen) atoms. The van der Waals surface area contributed by atoms with E-state index in [1.165, 1.54) is 12.0 Å². The van der Waals surface area contributed by atoms with Crippen molar-refractivity contribution in [3.63, 3.8) is 0 Å². The molecule has 1 fully saturated rings. The summed E-state index contributed by atoms with van der Waals surface area (Å²) in [6, 6.07) is 10.5. The predicted molar refractivity (Wildman–Crippen MR) is 104 cm³/mol. The molecule has 0 aliphatic carbocycles. The summed E-state index contributed by atoms with van der Waals surface area (Å²) in [5, 5.41) is 3.37. The molecule has 0 atom stereocenters. The number of carbonyl (C=O) groups is 1. The van der Waals surface area contributed by atoms with Crippen LogP contribution >= 0.6 is 11.8 Å². The van der Waals surface area contributed by atoms with Crippen LogP contribution in [0.1, 0.15) is 26.2 Å². The Kier molecular flexibility index (Phi) is 8.66. The van der Waals surface area contributed by atoms with E-state index in [4.69, 9.17) is 9.73 Å². The number of ether oxygens (including phenoxy) is 1. The van der Waals surface area contributed by atoms with Crippen LogP contribution in [-0.2, 0) is 9.53 Å². The molecule has 1 aromatic rings. The molecule has 0 unspecified atom stereocenters. The maximum atomic E-state index is 11.6. The highest BCUT2D eigenvalue weighted by Crippen LogP contribution is 2.19. The summed E-state index contributed by atoms with van der Waals surface area (Å²) < 4.78 is 4.86. The maximum Gasteiger partial charge on any atom is 0.308 e. The first-order chi connectivity index (χ1) is 12.2. The first-order valence-corrected chi connectivity index (χ1v) is 10.0. The van der Waals surface area contributed by atoms with Crippen LogP contribution in [-0.4, -0.2) is 55.9 Å². The average molecular weight is 364 g/mol. The van der Waals surface area contributed by atoms with Gasteiger partial charge in [0, 0.05) is 31.1 Å². The number of nitrogens with zero attached hydrogens (tertiary/aromatic N) is 2. The van der Waals surface area contributed by atoms with Gasteiger partial charge < -0.3 is 15.0 Å². The molecule has 0 amide bonds. The van der Waals surface area contributed by atoms with Gasteiger partial charge in [0.25, 0.3) is 0 Å². The standard InChI is InChI=1S/C19H29N3O2S/c1-3-20-19(22-13-10-16(11-14-22)18(23)24-2)21-12-7-15-25-17-8-5-4-6-9-17/h4-6,8-9,16H,3,7,10-15H2,1-2H3,(H,20,21). The molecule has 6 heteroatoms. The van der Waals surface area contributed by atoms with Crippen LogP contribution in [0.25, 0.3) is 0 Å². The third-order valence-corrected chi connectivity index (χ3v) is 5.34. The molecule has 1 aliphatic heterocycles. The number of guanidine groups is 1. The largest absolute Gasteiger partial charge is 0.469 e. The lowest BCUT2D eigenvalue weighted by atomic mass is 9.97. The Balaban J connectivity index is 1.75. The van der Waals surface area contributed by atoms with Crippen LogP contribution in [0.5, 0.6) is 0 Å². The summed E-state index contributed by atoms with van der Waals surface area (Å²) in [5.74, 6) is 1.98. The van der Waals surface area contributed by atoms with Crippen LogP contribution in [0.3, 0.4) is 0 Å². The fourth-order valence-corrected chi connectivity index (χ4v) is 3.73. The van der Waals surface area contributed by atoms with Gasteiger partial charge in [-0.2, -0.15) is 0 Å². The highest BCUT2D eigenvalue weighted by molar-refractivity contribution is 7.99. The Morgan fingerprint density at radius 1 is 1.32 bits per heavy atom. The van der Waals surface area contributed by atoms with Crippen LogP contribution < -0.4 is 5.32 Å². The number of hydrogen-bond acceptors (Lipinski definition) is 4. The van der Waals surface area contributed by atoms with E-state index in [9.17, 15) is 4.79 Å². The second-order valence-electron chi connectivity index (χ2n) is 6.04. The molecule has 0 saturated carbocycles. The minimum absolute atomic E-state index is 0.0337. The highest BCUT2D eigenvalue weighted by Gasteiger charge is 2.26. The van der Waals surface area contributed by atoms with Gasteiger partial charge in [0.05, 0.1) is 13.0 Å². The normalized spacial score (nSPS) is 15.9. The number of likely N-dealkylation sites (tertiary alicyclic amines) is 1. The molecule has 1 N–H and O–H groups in total. The topological polar surface area (TPSA) is 53.9 Å². The van der Waals surface area contributed by atoms with Gasteiger partial charge in [0.2, 0.25) is 0 Å². The fraction of sp³-hybridized carbons (Fsp3) is 0.579. The molecule has 1 aromatic carbocycles. The molecule has 0 radical (unpaired) electrons. The Morgan fingerprint density at radius 2 is 2.04 bits per heavy atom. The Morgan fingerprint density at radius 3 is 2.68 bits per heavy atom. The monoisotopic (exact) mass is 363 g/mol. The smallest absolute Gasteiger partial charge is 0.308 e. The first-order valence-electron chi connectivity index (χ1n) is 9.03. The van der Waals surface area contributed by atoms with Crippen LogP contribution in [0, 0.1) is 5.92 Å². The molecule has 1 saturated heterocycles. The molecule has 2 rings (SSSR count). The molecule has 1 aliphatic rings. The maximum absolute atomic E-state index is 11.6. The van der Waals surface area contributed by atoms with Gasteiger partial charge in [-0.15, -0.1) is 11.8 Å². The van der Waals surface area contributed by atoms with Gasteiger partial charge in [-0.25, -0.2) is 0 Å². The van der Waals surface area contributed by atoms with E-state index in [2.05, 4.69) is 41.4 Å². The Hall–Kier alpha value is -1.69. The molecular weight excluding hydrogens is 334 g/mol. The van der Waals surface area contributed by atoms with Crippen molar-refractivity contribution in [2.24, 2.45) is 10.9 Å². The molecule has 138 valence electrons.